The van der Waals surface area contributed by atoms with E-state index >= 15 is 0 Å². The Labute approximate surface area is 159 Å². The number of ether oxygens (including phenoxy) is 2. The van der Waals surface area contributed by atoms with E-state index in [4.69, 9.17) is 9.47 Å². The van der Waals surface area contributed by atoms with E-state index in [9.17, 15) is 18.0 Å². The lowest BCUT2D eigenvalue weighted by molar-refractivity contribution is -0.129. The van der Waals surface area contributed by atoms with Gasteiger partial charge in [-0.3, -0.25) is 4.79 Å². The molecule has 1 aliphatic heterocycles. The van der Waals surface area contributed by atoms with Crippen LogP contribution in [0.2, 0.25) is 0 Å². The molecular formula is C19H25NO6S. The number of carbonyl (C=O) groups is 2. The highest BCUT2D eigenvalue weighted by Gasteiger charge is 2.33. The van der Waals surface area contributed by atoms with Crippen molar-refractivity contribution in [1.82, 2.24) is 4.31 Å². The van der Waals surface area contributed by atoms with Crippen LogP contribution in [0, 0.1) is 0 Å². The second-order valence-corrected chi connectivity index (χ2v) is 9.15. The molecule has 0 bridgehead atoms. The molecule has 0 amide bonds. The molecule has 1 saturated heterocycles. The number of hydrogen-bond donors (Lipinski definition) is 0. The standard InChI is InChI=1S/C19H25NO6S/c1-13-11-20(12-14(2)25-13)27(23,24)16-7-5-6-15(10-16)19(22)26-18-9-4-3-8-17(18)21/h5-7,10,13-14,18H,3-4,8-9,11-12H2,1-2H3/t13-,14-,18+/m1/s1. The molecule has 2 aliphatic rings. The van der Waals surface area contributed by atoms with Crippen molar-refractivity contribution in [2.45, 2.75) is 62.7 Å². The van der Waals surface area contributed by atoms with Gasteiger partial charge in [-0.1, -0.05) is 6.07 Å². The Kier molecular flexibility index (Phi) is 5.98. The van der Waals surface area contributed by atoms with E-state index < -0.39 is 22.1 Å². The van der Waals surface area contributed by atoms with Crippen molar-refractivity contribution in [2.75, 3.05) is 13.1 Å². The Hall–Kier alpha value is -1.77. The fraction of sp³-hybridized carbons (Fsp3) is 0.579. The van der Waals surface area contributed by atoms with Crippen LogP contribution in [0.15, 0.2) is 29.2 Å². The summed E-state index contributed by atoms with van der Waals surface area (Å²) in [5.41, 5.74) is 0.129. The highest BCUT2D eigenvalue weighted by atomic mass is 32.2. The number of carbonyl (C=O) groups excluding carboxylic acids is 2. The van der Waals surface area contributed by atoms with Gasteiger partial charge >= 0.3 is 5.97 Å². The summed E-state index contributed by atoms with van der Waals surface area (Å²) >= 11 is 0. The third-order valence-electron chi connectivity index (χ3n) is 4.84. The first kappa shape index (κ1) is 20.0. The minimum Gasteiger partial charge on any atom is -0.451 e. The molecule has 1 aromatic rings. The van der Waals surface area contributed by atoms with Crippen molar-refractivity contribution in [2.24, 2.45) is 0 Å². The lowest BCUT2D eigenvalue weighted by Crippen LogP contribution is -2.48. The van der Waals surface area contributed by atoms with E-state index in [-0.39, 0.29) is 41.5 Å². The van der Waals surface area contributed by atoms with Gasteiger partial charge in [0.05, 0.1) is 22.7 Å². The van der Waals surface area contributed by atoms with Crippen molar-refractivity contribution in [3.63, 3.8) is 0 Å². The Morgan fingerprint density at radius 1 is 1.19 bits per heavy atom. The van der Waals surface area contributed by atoms with Crippen molar-refractivity contribution >= 4 is 21.8 Å². The molecule has 8 heteroatoms. The monoisotopic (exact) mass is 395 g/mol. The zero-order valence-electron chi connectivity index (χ0n) is 15.6. The fourth-order valence-corrected chi connectivity index (χ4v) is 5.17. The minimum atomic E-state index is -3.75. The van der Waals surface area contributed by atoms with E-state index in [1.165, 1.54) is 28.6 Å². The number of ketones is 1. The molecule has 27 heavy (non-hydrogen) atoms. The molecule has 0 unspecified atom stereocenters. The minimum absolute atomic E-state index is 0.0354. The van der Waals surface area contributed by atoms with Gasteiger partial charge in [-0.25, -0.2) is 13.2 Å². The molecule has 1 aliphatic carbocycles. The maximum absolute atomic E-state index is 13.0. The molecule has 7 nitrogen and oxygen atoms in total. The number of rotatable bonds is 4. The average Bonchev–Trinajstić information content (AvgIpc) is 2.63. The second-order valence-electron chi connectivity index (χ2n) is 7.21. The number of Topliss-reactive ketones (excluding diaryl/α,β-unsaturated/α-hetero) is 1. The Balaban J connectivity index is 1.78. The van der Waals surface area contributed by atoms with Crippen molar-refractivity contribution in [3.8, 4) is 0 Å². The molecule has 3 atom stereocenters. The molecule has 1 heterocycles. The zero-order valence-corrected chi connectivity index (χ0v) is 16.4. The quantitative estimate of drug-likeness (QED) is 0.726. The van der Waals surface area contributed by atoms with Gasteiger partial charge in [0.15, 0.2) is 11.9 Å². The molecule has 1 aromatic carbocycles. The number of hydrogen-bond acceptors (Lipinski definition) is 6. The summed E-state index contributed by atoms with van der Waals surface area (Å²) in [5, 5.41) is 0. The lowest BCUT2D eigenvalue weighted by atomic mass is 9.96. The van der Waals surface area contributed by atoms with Crippen LogP contribution in [0.5, 0.6) is 0 Å². The summed E-state index contributed by atoms with van der Waals surface area (Å²) in [7, 11) is -3.75. The number of esters is 1. The smallest absolute Gasteiger partial charge is 0.338 e. The molecule has 148 valence electrons. The van der Waals surface area contributed by atoms with Gasteiger partial charge in [0.25, 0.3) is 0 Å². The maximum atomic E-state index is 13.0. The third kappa shape index (κ3) is 4.56. The summed E-state index contributed by atoms with van der Waals surface area (Å²) in [6.07, 6.45) is 1.46. The van der Waals surface area contributed by atoms with E-state index in [0.29, 0.717) is 12.8 Å². The normalized spacial score (nSPS) is 27.3. The van der Waals surface area contributed by atoms with Gasteiger partial charge in [-0.15, -0.1) is 0 Å². The zero-order chi connectivity index (χ0) is 19.6. The first-order chi connectivity index (χ1) is 12.8. The van der Waals surface area contributed by atoms with Crippen LogP contribution >= 0.6 is 0 Å². The Morgan fingerprint density at radius 2 is 1.89 bits per heavy atom. The molecule has 0 radical (unpaired) electrons. The Morgan fingerprint density at radius 3 is 2.56 bits per heavy atom. The number of morpholine rings is 1. The average molecular weight is 395 g/mol. The molecule has 0 N–H and O–H groups in total. The van der Waals surface area contributed by atoms with Crippen molar-refractivity contribution in [1.29, 1.82) is 0 Å². The van der Waals surface area contributed by atoms with Gasteiger partial charge < -0.3 is 9.47 Å². The SMILES string of the molecule is C[C@@H]1CN(S(=O)(=O)c2cccc(C(=O)O[C@H]3CCCCC3=O)c2)C[C@@H](C)O1. The summed E-state index contributed by atoms with van der Waals surface area (Å²) in [5.74, 6) is -0.745. The van der Waals surface area contributed by atoms with Crippen molar-refractivity contribution < 1.29 is 27.5 Å². The third-order valence-corrected chi connectivity index (χ3v) is 6.67. The molecule has 1 saturated carbocycles. The number of benzene rings is 1. The fourth-order valence-electron chi connectivity index (χ4n) is 3.53. The molecule has 2 fully saturated rings. The van der Waals surface area contributed by atoms with Crippen molar-refractivity contribution in [3.05, 3.63) is 29.8 Å². The summed E-state index contributed by atoms with van der Waals surface area (Å²) < 4.78 is 38.2. The van der Waals surface area contributed by atoms with E-state index in [0.717, 1.165) is 12.8 Å². The van der Waals surface area contributed by atoms with Gasteiger partial charge in [0.1, 0.15) is 0 Å². The highest BCUT2D eigenvalue weighted by Crippen LogP contribution is 2.23. The lowest BCUT2D eigenvalue weighted by Gasteiger charge is -2.34. The van der Waals surface area contributed by atoms with Crippen LogP contribution < -0.4 is 0 Å². The first-order valence-electron chi connectivity index (χ1n) is 9.27. The van der Waals surface area contributed by atoms with Crippen LogP contribution in [0.25, 0.3) is 0 Å². The van der Waals surface area contributed by atoms with Crippen LogP contribution in [0.4, 0.5) is 0 Å². The summed E-state index contributed by atoms with van der Waals surface area (Å²) in [6.45, 7) is 4.18. The molecule has 0 spiro atoms. The summed E-state index contributed by atoms with van der Waals surface area (Å²) in [4.78, 5) is 24.3. The van der Waals surface area contributed by atoms with Crippen LogP contribution in [0.1, 0.15) is 49.9 Å². The topological polar surface area (TPSA) is 90.0 Å². The first-order valence-corrected chi connectivity index (χ1v) is 10.7. The van der Waals surface area contributed by atoms with Gasteiger partial charge in [0.2, 0.25) is 10.0 Å². The predicted molar refractivity (Wildman–Crippen MR) is 97.9 cm³/mol. The maximum Gasteiger partial charge on any atom is 0.338 e. The largest absolute Gasteiger partial charge is 0.451 e. The highest BCUT2D eigenvalue weighted by molar-refractivity contribution is 7.89. The van der Waals surface area contributed by atoms with E-state index in [1.54, 1.807) is 0 Å². The number of nitrogens with zero attached hydrogens (tertiary/aromatic N) is 1. The predicted octanol–water partition coefficient (Wildman–Crippen LogP) is 2.15. The molecule has 0 aromatic heterocycles. The van der Waals surface area contributed by atoms with E-state index in [1.807, 2.05) is 13.8 Å². The van der Waals surface area contributed by atoms with Crippen LogP contribution in [-0.2, 0) is 24.3 Å². The molecule has 3 rings (SSSR count). The van der Waals surface area contributed by atoms with Gasteiger partial charge in [0, 0.05) is 19.5 Å². The second kappa shape index (κ2) is 8.08. The summed E-state index contributed by atoms with van der Waals surface area (Å²) in [6, 6.07) is 5.79. The van der Waals surface area contributed by atoms with Gasteiger partial charge in [-0.2, -0.15) is 4.31 Å². The van der Waals surface area contributed by atoms with Crippen LogP contribution in [0.3, 0.4) is 0 Å². The van der Waals surface area contributed by atoms with Gasteiger partial charge in [-0.05, 0) is 51.3 Å². The Bertz CT molecular complexity index is 811. The van der Waals surface area contributed by atoms with E-state index in [2.05, 4.69) is 0 Å². The number of sulfonamides is 1. The molecular weight excluding hydrogens is 370 g/mol. The van der Waals surface area contributed by atoms with Crippen LogP contribution in [-0.4, -0.2) is 55.9 Å².